The van der Waals surface area contributed by atoms with E-state index in [-0.39, 0.29) is 5.92 Å². The summed E-state index contributed by atoms with van der Waals surface area (Å²) in [5, 5.41) is 3.91. The van der Waals surface area contributed by atoms with Crippen molar-refractivity contribution in [3.05, 3.63) is 41.5 Å². The van der Waals surface area contributed by atoms with E-state index in [2.05, 4.69) is 29.2 Å². The molecule has 21 heavy (non-hydrogen) atoms. The first kappa shape index (κ1) is 15.5. The predicted molar refractivity (Wildman–Crippen MR) is 82.4 cm³/mol. The Kier molecular flexibility index (Phi) is 5.78. The highest BCUT2D eigenvalue weighted by Gasteiger charge is 2.10. The smallest absolute Gasteiger partial charge is 0.229 e. The van der Waals surface area contributed by atoms with E-state index in [0.717, 1.165) is 12.2 Å². The Morgan fingerprint density at radius 3 is 2.52 bits per heavy atom. The zero-order valence-corrected chi connectivity index (χ0v) is 13.1. The van der Waals surface area contributed by atoms with Gasteiger partial charge in [0.1, 0.15) is 5.75 Å². The maximum absolute atomic E-state index is 5.68. The number of hydrogen-bond donors (Lipinski definition) is 0. The van der Waals surface area contributed by atoms with Gasteiger partial charge in [-0.1, -0.05) is 50.9 Å². The molecule has 0 bridgehead atoms. The lowest BCUT2D eigenvalue weighted by Gasteiger charge is -2.05. The molecular formula is C17H24N2O2. The largest absolute Gasteiger partial charge is 0.485 e. The molecule has 2 aromatic rings. The molecule has 0 aliphatic heterocycles. The molecule has 0 spiro atoms. The third-order valence-corrected chi connectivity index (χ3v) is 3.34. The van der Waals surface area contributed by atoms with Crippen LogP contribution in [0.15, 0.2) is 28.8 Å². The Balaban J connectivity index is 1.82. The molecule has 0 radical (unpaired) electrons. The summed E-state index contributed by atoms with van der Waals surface area (Å²) in [5.74, 6) is 2.32. The van der Waals surface area contributed by atoms with E-state index in [0.29, 0.717) is 18.3 Å². The van der Waals surface area contributed by atoms with Crippen molar-refractivity contribution in [2.45, 2.75) is 59.0 Å². The van der Waals surface area contributed by atoms with E-state index in [1.165, 1.54) is 24.8 Å². The van der Waals surface area contributed by atoms with E-state index in [1.807, 2.05) is 26.0 Å². The Morgan fingerprint density at radius 2 is 1.90 bits per heavy atom. The molecule has 0 saturated heterocycles. The number of rotatable bonds is 8. The van der Waals surface area contributed by atoms with Gasteiger partial charge >= 0.3 is 0 Å². The standard InChI is InChI=1S/C17H24N2O2/c1-4-5-6-7-14-8-10-15(11-9-14)20-12-16-18-17(13(2)3)21-19-16/h8-11,13H,4-7,12H2,1-3H3. The van der Waals surface area contributed by atoms with Gasteiger partial charge in [0.05, 0.1) is 0 Å². The third kappa shape index (κ3) is 4.88. The first-order valence-corrected chi connectivity index (χ1v) is 7.73. The van der Waals surface area contributed by atoms with Crippen LogP contribution in [0.5, 0.6) is 5.75 Å². The third-order valence-electron chi connectivity index (χ3n) is 3.34. The van der Waals surface area contributed by atoms with Crippen molar-refractivity contribution in [1.82, 2.24) is 10.1 Å². The maximum Gasteiger partial charge on any atom is 0.229 e. The quantitative estimate of drug-likeness (QED) is 0.671. The minimum absolute atomic E-state index is 0.244. The van der Waals surface area contributed by atoms with Crippen LogP contribution in [-0.4, -0.2) is 10.1 Å². The summed E-state index contributed by atoms with van der Waals surface area (Å²) in [7, 11) is 0. The average molecular weight is 288 g/mol. The Bertz CT molecular complexity index is 532. The Labute approximate surface area is 126 Å². The topological polar surface area (TPSA) is 48.2 Å². The molecule has 0 atom stereocenters. The zero-order valence-electron chi connectivity index (χ0n) is 13.1. The summed E-state index contributed by atoms with van der Waals surface area (Å²) >= 11 is 0. The van der Waals surface area contributed by atoms with Crippen LogP contribution in [0.1, 0.15) is 63.2 Å². The highest BCUT2D eigenvalue weighted by atomic mass is 16.5. The van der Waals surface area contributed by atoms with Gasteiger partial charge < -0.3 is 9.26 Å². The number of aryl methyl sites for hydroxylation is 1. The van der Waals surface area contributed by atoms with E-state index >= 15 is 0 Å². The summed E-state index contributed by atoms with van der Waals surface area (Å²) < 4.78 is 10.8. The molecular weight excluding hydrogens is 264 g/mol. The van der Waals surface area contributed by atoms with Crippen molar-refractivity contribution >= 4 is 0 Å². The molecule has 114 valence electrons. The van der Waals surface area contributed by atoms with Crippen LogP contribution in [0, 0.1) is 0 Å². The van der Waals surface area contributed by atoms with Crippen LogP contribution in [0.3, 0.4) is 0 Å². The second-order valence-electron chi connectivity index (χ2n) is 5.59. The average Bonchev–Trinajstić information content (AvgIpc) is 2.96. The summed E-state index contributed by atoms with van der Waals surface area (Å²) in [5.41, 5.74) is 1.36. The molecule has 1 heterocycles. The fraction of sp³-hybridized carbons (Fsp3) is 0.529. The summed E-state index contributed by atoms with van der Waals surface area (Å²) in [4.78, 5) is 4.29. The van der Waals surface area contributed by atoms with Crippen LogP contribution < -0.4 is 4.74 Å². The van der Waals surface area contributed by atoms with Gasteiger partial charge in [-0.3, -0.25) is 0 Å². The monoisotopic (exact) mass is 288 g/mol. The molecule has 0 aliphatic rings. The van der Waals surface area contributed by atoms with Crippen LogP contribution in [0.2, 0.25) is 0 Å². The maximum atomic E-state index is 5.68. The predicted octanol–water partition coefficient (Wildman–Crippen LogP) is 4.50. The van der Waals surface area contributed by atoms with Gasteiger partial charge in [0.2, 0.25) is 11.7 Å². The van der Waals surface area contributed by atoms with Gasteiger partial charge in [0, 0.05) is 5.92 Å². The minimum atomic E-state index is 0.244. The first-order valence-electron chi connectivity index (χ1n) is 7.73. The van der Waals surface area contributed by atoms with Gasteiger partial charge in [-0.2, -0.15) is 4.98 Å². The van der Waals surface area contributed by atoms with E-state index in [9.17, 15) is 0 Å². The van der Waals surface area contributed by atoms with Gasteiger partial charge in [0.25, 0.3) is 0 Å². The molecule has 1 aromatic heterocycles. The van der Waals surface area contributed by atoms with Crippen molar-refractivity contribution in [1.29, 1.82) is 0 Å². The second-order valence-corrected chi connectivity index (χ2v) is 5.59. The van der Waals surface area contributed by atoms with Gasteiger partial charge in [-0.05, 0) is 30.5 Å². The van der Waals surface area contributed by atoms with Gasteiger partial charge in [0.15, 0.2) is 6.61 Å². The Hall–Kier alpha value is -1.84. The fourth-order valence-electron chi connectivity index (χ4n) is 2.04. The molecule has 0 unspecified atom stereocenters. The number of benzene rings is 1. The molecule has 1 aromatic carbocycles. The molecule has 0 fully saturated rings. The normalized spacial score (nSPS) is 11.0. The van der Waals surface area contributed by atoms with Gasteiger partial charge in [-0.15, -0.1) is 0 Å². The number of aromatic nitrogens is 2. The highest BCUT2D eigenvalue weighted by Crippen LogP contribution is 2.16. The van der Waals surface area contributed by atoms with Crippen molar-refractivity contribution in [3.8, 4) is 5.75 Å². The lowest BCUT2D eigenvalue weighted by Crippen LogP contribution is -1.98. The molecule has 0 aliphatic carbocycles. The zero-order chi connectivity index (χ0) is 15.1. The fourth-order valence-corrected chi connectivity index (χ4v) is 2.04. The highest BCUT2D eigenvalue weighted by molar-refractivity contribution is 5.27. The summed E-state index contributed by atoms with van der Waals surface area (Å²) in [6, 6.07) is 8.26. The van der Waals surface area contributed by atoms with Crippen molar-refractivity contribution < 1.29 is 9.26 Å². The lowest BCUT2D eigenvalue weighted by atomic mass is 10.1. The number of ether oxygens (including phenoxy) is 1. The van der Waals surface area contributed by atoms with Crippen LogP contribution in [0.4, 0.5) is 0 Å². The number of hydrogen-bond acceptors (Lipinski definition) is 4. The lowest BCUT2D eigenvalue weighted by molar-refractivity contribution is 0.284. The second kappa shape index (κ2) is 7.81. The molecule has 0 amide bonds. The molecule has 4 heteroatoms. The minimum Gasteiger partial charge on any atom is -0.485 e. The van der Waals surface area contributed by atoms with Crippen LogP contribution in [-0.2, 0) is 13.0 Å². The number of unbranched alkanes of at least 4 members (excludes halogenated alkanes) is 2. The van der Waals surface area contributed by atoms with Crippen LogP contribution in [0.25, 0.3) is 0 Å². The Morgan fingerprint density at radius 1 is 1.14 bits per heavy atom. The SMILES string of the molecule is CCCCCc1ccc(OCc2noc(C(C)C)n2)cc1. The van der Waals surface area contributed by atoms with Crippen LogP contribution >= 0.6 is 0 Å². The van der Waals surface area contributed by atoms with E-state index in [1.54, 1.807) is 0 Å². The van der Waals surface area contributed by atoms with Crippen molar-refractivity contribution in [2.24, 2.45) is 0 Å². The van der Waals surface area contributed by atoms with Crippen molar-refractivity contribution in [2.75, 3.05) is 0 Å². The van der Waals surface area contributed by atoms with E-state index < -0.39 is 0 Å². The number of nitrogens with zero attached hydrogens (tertiary/aromatic N) is 2. The summed E-state index contributed by atoms with van der Waals surface area (Å²) in [6.45, 7) is 6.61. The van der Waals surface area contributed by atoms with E-state index in [4.69, 9.17) is 9.26 Å². The van der Waals surface area contributed by atoms with Crippen molar-refractivity contribution in [3.63, 3.8) is 0 Å². The first-order chi connectivity index (χ1) is 10.2. The molecule has 2 rings (SSSR count). The van der Waals surface area contributed by atoms with Gasteiger partial charge in [-0.25, -0.2) is 0 Å². The molecule has 4 nitrogen and oxygen atoms in total. The molecule has 0 N–H and O–H groups in total. The summed E-state index contributed by atoms with van der Waals surface area (Å²) in [6.07, 6.45) is 4.92. The molecule has 0 saturated carbocycles.